The molecule has 0 saturated carbocycles. The summed E-state index contributed by atoms with van der Waals surface area (Å²) in [7, 11) is 1.53. The topological polar surface area (TPSA) is 93.7 Å². The maximum absolute atomic E-state index is 12.2. The molecule has 9 heteroatoms. The van der Waals surface area contributed by atoms with E-state index in [2.05, 4.69) is 23.0 Å². The monoisotopic (exact) mass is 375 g/mol. The van der Waals surface area contributed by atoms with Crippen LogP contribution >= 0.6 is 0 Å². The van der Waals surface area contributed by atoms with E-state index in [4.69, 9.17) is 4.42 Å². The van der Waals surface area contributed by atoms with Crippen molar-refractivity contribution in [3.63, 3.8) is 0 Å². The fourth-order valence-electron chi connectivity index (χ4n) is 2.71. The Morgan fingerprint density at radius 1 is 1.15 bits per heavy atom. The predicted octanol–water partition coefficient (Wildman–Crippen LogP) is 1.22. The van der Waals surface area contributed by atoms with Crippen LogP contribution in [0.4, 0.5) is 5.88 Å². The van der Waals surface area contributed by atoms with Gasteiger partial charge >= 0.3 is 0 Å². The first-order valence-corrected chi connectivity index (χ1v) is 9.64. The summed E-state index contributed by atoms with van der Waals surface area (Å²) in [5, 5.41) is 9.38. The van der Waals surface area contributed by atoms with Gasteiger partial charge in [0.15, 0.2) is 0 Å². The molecule has 0 unspecified atom stereocenters. The third-order valence-electron chi connectivity index (χ3n) is 4.39. The smallest absolute Gasteiger partial charge is 0.242 e. The van der Waals surface area contributed by atoms with E-state index < -0.39 is 10.0 Å². The van der Waals surface area contributed by atoms with Gasteiger partial charge in [-0.3, -0.25) is 0 Å². The highest BCUT2D eigenvalue weighted by Crippen LogP contribution is 2.29. The molecule has 138 valence electrons. The molecule has 0 radical (unpaired) electrons. The second-order valence-electron chi connectivity index (χ2n) is 6.39. The Hall–Kier alpha value is -2.41. The highest BCUT2D eigenvalue weighted by Gasteiger charge is 2.24. The van der Waals surface area contributed by atoms with Crippen LogP contribution in [0.25, 0.3) is 11.5 Å². The fraction of sp³-hybridized carbons (Fsp3) is 0.412. The number of anilines is 1. The van der Waals surface area contributed by atoms with Gasteiger partial charge in [0.1, 0.15) is 6.07 Å². The van der Waals surface area contributed by atoms with Crippen molar-refractivity contribution in [2.24, 2.45) is 0 Å². The van der Waals surface area contributed by atoms with Crippen LogP contribution in [-0.2, 0) is 10.0 Å². The second kappa shape index (κ2) is 7.07. The van der Waals surface area contributed by atoms with Gasteiger partial charge < -0.3 is 14.2 Å². The molecule has 1 fully saturated rings. The van der Waals surface area contributed by atoms with Crippen LogP contribution in [0.15, 0.2) is 33.6 Å². The lowest BCUT2D eigenvalue weighted by Crippen LogP contribution is -2.44. The minimum atomic E-state index is -3.49. The number of aromatic nitrogens is 1. The summed E-state index contributed by atoms with van der Waals surface area (Å²) in [6.45, 7) is 3.30. The Morgan fingerprint density at radius 3 is 2.31 bits per heavy atom. The van der Waals surface area contributed by atoms with E-state index in [1.807, 2.05) is 4.90 Å². The first kappa shape index (κ1) is 18.4. The molecule has 0 aliphatic carbocycles. The van der Waals surface area contributed by atoms with Gasteiger partial charge in [0, 0.05) is 45.8 Å². The number of nitriles is 1. The molecule has 1 aromatic heterocycles. The highest BCUT2D eigenvalue weighted by atomic mass is 32.2. The van der Waals surface area contributed by atoms with Crippen molar-refractivity contribution >= 4 is 15.9 Å². The van der Waals surface area contributed by atoms with Crippen LogP contribution in [0, 0.1) is 11.3 Å². The maximum Gasteiger partial charge on any atom is 0.242 e. The van der Waals surface area contributed by atoms with E-state index >= 15 is 0 Å². The van der Waals surface area contributed by atoms with Gasteiger partial charge in [-0.2, -0.15) is 10.2 Å². The lowest BCUT2D eigenvalue weighted by atomic mass is 10.2. The summed E-state index contributed by atoms with van der Waals surface area (Å²) < 4.78 is 31.3. The first-order valence-electron chi connectivity index (χ1n) is 8.20. The van der Waals surface area contributed by atoms with Gasteiger partial charge in [-0.1, -0.05) is 0 Å². The number of oxazole rings is 1. The Bertz CT molecular complexity index is 920. The van der Waals surface area contributed by atoms with Crippen molar-refractivity contribution < 1.29 is 12.8 Å². The molecule has 1 aromatic carbocycles. The third kappa shape index (κ3) is 3.44. The molecule has 3 rings (SSSR count). The standard InChI is InChI=1S/C17H21N5O3S/c1-20(2)26(23,24)14-6-4-13(5-7-14)16-19-15(12-18)17(25-16)22-10-8-21(3)9-11-22/h4-7H,8-11H2,1-3H3. The van der Waals surface area contributed by atoms with Crippen molar-refractivity contribution in [3.8, 4) is 17.5 Å². The van der Waals surface area contributed by atoms with Crippen molar-refractivity contribution in [1.29, 1.82) is 5.26 Å². The quantitative estimate of drug-likeness (QED) is 0.793. The van der Waals surface area contributed by atoms with E-state index in [0.717, 1.165) is 30.5 Å². The van der Waals surface area contributed by atoms with Crippen molar-refractivity contribution in [3.05, 3.63) is 30.0 Å². The first-order chi connectivity index (χ1) is 12.3. The number of piperazine rings is 1. The average Bonchev–Trinajstić information content (AvgIpc) is 3.06. The average molecular weight is 375 g/mol. The van der Waals surface area contributed by atoms with Gasteiger partial charge in [-0.15, -0.1) is 0 Å². The molecule has 0 spiro atoms. The summed E-state index contributed by atoms with van der Waals surface area (Å²) >= 11 is 0. The number of likely N-dealkylation sites (N-methyl/N-ethyl adjacent to an activating group) is 1. The molecule has 1 aliphatic rings. The zero-order valence-electron chi connectivity index (χ0n) is 15.0. The number of hydrogen-bond donors (Lipinski definition) is 0. The summed E-state index contributed by atoms with van der Waals surface area (Å²) in [4.78, 5) is 8.70. The summed E-state index contributed by atoms with van der Waals surface area (Å²) in [6, 6.07) is 8.37. The molecule has 2 aromatic rings. The lowest BCUT2D eigenvalue weighted by Gasteiger charge is -2.31. The molecule has 0 atom stereocenters. The summed E-state index contributed by atoms with van der Waals surface area (Å²) in [5.41, 5.74) is 0.870. The van der Waals surface area contributed by atoms with Crippen molar-refractivity contribution in [1.82, 2.24) is 14.2 Å². The fourth-order valence-corrected chi connectivity index (χ4v) is 3.61. The van der Waals surface area contributed by atoms with Crippen LogP contribution in [0.3, 0.4) is 0 Å². The number of rotatable bonds is 4. The Labute approximate surface area is 153 Å². The Kier molecular flexibility index (Phi) is 5.00. The van der Waals surface area contributed by atoms with Crippen LogP contribution in [0.2, 0.25) is 0 Å². The van der Waals surface area contributed by atoms with Crippen molar-refractivity contribution in [2.45, 2.75) is 4.90 Å². The summed E-state index contributed by atoms with van der Waals surface area (Å²) in [5.74, 6) is 0.782. The molecular weight excluding hydrogens is 354 g/mol. The van der Waals surface area contributed by atoms with Gasteiger partial charge in [0.2, 0.25) is 27.5 Å². The second-order valence-corrected chi connectivity index (χ2v) is 8.54. The molecule has 0 amide bonds. The van der Waals surface area contributed by atoms with Crippen LogP contribution in [0.5, 0.6) is 0 Å². The third-order valence-corrected chi connectivity index (χ3v) is 6.21. The number of sulfonamides is 1. The SMILES string of the molecule is CN1CCN(c2oc(-c3ccc(S(=O)(=O)N(C)C)cc3)nc2C#N)CC1. The number of hydrogen-bond acceptors (Lipinski definition) is 7. The van der Waals surface area contributed by atoms with E-state index in [1.54, 1.807) is 12.1 Å². The molecule has 1 saturated heterocycles. The molecule has 0 bridgehead atoms. The normalized spacial score (nSPS) is 16.0. The minimum Gasteiger partial charge on any atom is -0.419 e. The van der Waals surface area contributed by atoms with Crippen LogP contribution < -0.4 is 4.90 Å². The van der Waals surface area contributed by atoms with Gasteiger partial charge in [-0.25, -0.2) is 12.7 Å². The molecule has 2 heterocycles. The molecule has 8 nitrogen and oxygen atoms in total. The lowest BCUT2D eigenvalue weighted by molar-refractivity contribution is 0.306. The molecular formula is C17H21N5O3S. The zero-order valence-corrected chi connectivity index (χ0v) is 15.8. The minimum absolute atomic E-state index is 0.192. The van der Waals surface area contributed by atoms with E-state index in [0.29, 0.717) is 17.3 Å². The molecule has 1 aliphatic heterocycles. The predicted molar refractivity (Wildman–Crippen MR) is 97.2 cm³/mol. The van der Waals surface area contributed by atoms with Crippen LogP contribution in [-0.4, -0.2) is 69.9 Å². The molecule has 26 heavy (non-hydrogen) atoms. The Morgan fingerprint density at radius 2 is 1.77 bits per heavy atom. The van der Waals surface area contributed by atoms with Gasteiger partial charge in [-0.05, 0) is 31.3 Å². The number of benzene rings is 1. The number of nitrogens with zero attached hydrogens (tertiary/aromatic N) is 5. The van der Waals surface area contributed by atoms with E-state index in [-0.39, 0.29) is 10.6 Å². The highest BCUT2D eigenvalue weighted by molar-refractivity contribution is 7.89. The van der Waals surface area contributed by atoms with Crippen LogP contribution in [0.1, 0.15) is 5.69 Å². The van der Waals surface area contributed by atoms with Gasteiger partial charge in [0.25, 0.3) is 0 Å². The van der Waals surface area contributed by atoms with E-state index in [1.165, 1.54) is 26.2 Å². The maximum atomic E-state index is 12.2. The largest absolute Gasteiger partial charge is 0.419 e. The van der Waals surface area contributed by atoms with Gasteiger partial charge in [0.05, 0.1) is 4.90 Å². The zero-order chi connectivity index (χ0) is 18.9. The molecule has 0 N–H and O–H groups in total. The summed E-state index contributed by atoms with van der Waals surface area (Å²) in [6.07, 6.45) is 0. The van der Waals surface area contributed by atoms with E-state index in [9.17, 15) is 13.7 Å². The Balaban J connectivity index is 1.90. The van der Waals surface area contributed by atoms with Crippen molar-refractivity contribution in [2.75, 3.05) is 52.2 Å².